The van der Waals surface area contributed by atoms with Gasteiger partial charge < -0.3 is 4.98 Å². The van der Waals surface area contributed by atoms with Gasteiger partial charge in [0, 0.05) is 18.0 Å². The van der Waals surface area contributed by atoms with Gasteiger partial charge in [0.2, 0.25) is 0 Å². The summed E-state index contributed by atoms with van der Waals surface area (Å²) in [5.41, 5.74) is 4.24. The number of nitrogens with one attached hydrogen (secondary N) is 1. The predicted molar refractivity (Wildman–Crippen MR) is 96.1 cm³/mol. The summed E-state index contributed by atoms with van der Waals surface area (Å²) in [4.78, 5) is 8.25. The van der Waals surface area contributed by atoms with E-state index in [1.165, 1.54) is 18.4 Å². The third-order valence-electron chi connectivity index (χ3n) is 5.03. The number of benzene rings is 1. The molecule has 0 saturated heterocycles. The summed E-state index contributed by atoms with van der Waals surface area (Å²) in [5.74, 6) is 1.65. The Hall–Kier alpha value is -2.89. The minimum Gasteiger partial charge on any atom is -0.335 e. The predicted octanol–water partition coefficient (Wildman–Crippen LogP) is 3.64. The van der Waals surface area contributed by atoms with Crippen LogP contribution in [0.2, 0.25) is 0 Å². The fourth-order valence-corrected chi connectivity index (χ4v) is 3.43. The van der Waals surface area contributed by atoms with Crippen molar-refractivity contribution in [2.45, 2.75) is 32.4 Å². The molecule has 0 bridgehead atoms. The Balaban J connectivity index is 1.48. The van der Waals surface area contributed by atoms with Crippen molar-refractivity contribution in [3.63, 3.8) is 0 Å². The van der Waals surface area contributed by atoms with Crippen LogP contribution in [0.4, 0.5) is 0 Å². The van der Waals surface area contributed by atoms with Crippen molar-refractivity contribution in [1.82, 2.24) is 29.5 Å². The molecule has 6 heteroatoms. The van der Waals surface area contributed by atoms with Crippen LogP contribution in [0.1, 0.15) is 31.4 Å². The van der Waals surface area contributed by atoms with E-state index in [1.54, 1.807) is 6.20 Å². The van der Waals surface area contributed by atoms with Crippen LogP contribution in [0, 0.1) is 5.92 Å². The van der Waals surface area contributed by atoms with Gasteiger partial charge in [-0.1, -0.05) is 18.2 Å². The van der Waals surface area contributed by atoms with Crippen molar-refractivity contribution in [3.05, 3.63) is 54.5 Å². The Kier molecular flexibility index (Phi) is 3.23. The molecular formula is C19H20N6. The molecule has 3 aromatic heterocycles. The van der Waals surface area contributed by atoms with Crippen LogP contribution < -0.4 is 0 Å². The maximum Gasteiger partial charge on any atom is 0.177 e. The molecule has 126 valence electrons. The second-order valence-electron chi connectivity index (χ2n) is 6.89. The van der Waals surface area contributed by atoms with Crippen LogP contribution in [0.25, 0.3) is 22.6 Å². The van der Waals surface area contributed by atoms with Crippen molar-refractivity contribution >= 4 is 11.2 Å². The number of hydrogen-bond acceptors (Lipinski definition) is 3. The van der Waals surface area contributed by atoms with E-state index < -0.39 is 0 Å². The first kappa shape index (κ1) is 14.5. The number of rotatable bonds is 5. The Morgan fingerprint density at radius 2 is 2.16 bits per heavy atom. The standard InChI is InChI=1S/C19H20N6/c1-13(15-6-7-15)25-19-17(11-21-25)22-18(23-19)16-5-2-4-14(10-16)12-24-9-3-8-20-24/h2-5,8-11,13,15H,6-7,12H2,1H3,(H,22,23). The lowest BCUT2D eigenvalue weighted by atomic mass is 10.1. The average Bonchev–Trinajstić information content (AvgIpc) is 3.01. The van der Waals surface area contributed by atoms with E-state index >= 15 is 0 Å². The molecular weight excluding hydrogens is 312 g/mol. The maximum atomic E-state index is 4.83. The van der Waals surface area contributed by atoms with E-state index in [1.807, 2.05) is 23.1 Å². The topological polar surface area (TPSA) is 64.3 Å². The molecule has 1 aromatic carbocycles. The smallest absolute Gasteiger partial charge is 0.177 e. The number of aromatic amines is 1. The highest BCUT2D eigenvalue weighted by atomic mass is 15.3. The fraction of sp³-hybridized carbons (Fsp3) is 0.316. The zero-order valence-corrected chi connectivity index (χ0v) is 14.1. The lowest BCUT2D eigenvalue weighted by molar-refractivity contribution is 0.451. The van der Waals surface area contributed by atoms with Crippen molar-refractivity contribution < 1.29 is 0 Å². The van der Waals surface area contributed by atoms with Crippen LogP contribution >= 0.6 is 0 Å². The molecule has 25 heavy (non-hydrogen) atoms. The van der Waals surface area contributed by atoms with Gasteiger partial charge in [0.05, 0.1) is 18.8 Å². The Labute approximate surface area is 145 Å². The fourth-order valence-electron chi connectivity index (χ4n) is 3.43. The minimum atomic E-state index is 0.416. The number of nitrogens with zero attached hydrogens (tertiary/aromatic N) is 5. The number of H-pyrrole nitrogens is 1. The van der Waals surface area contributed by atoms with Gasteiger partial charge in [-0.15, -0.1) is 0 Å². The molecule has 5 rings (SSSR count). The molecule has 4 aromatic rings. The average molecular weight is 332 g/mol. The van der Waals surface area contributed by atoms with Gasteiger partial charge >= 0.3 is 0 Å². The molecule has 1 aliphatic rings. The van der Waals surface area contributed by atoms with Crippen molar-refractivity contribution in [3.8, 4) is 11.4 Å². The molecule has 0 aliphatic heterocycles. The first-order valence-corrected chi connectivity index (χ1v) is 8.78. The normalized spacial score (nSPS) is 15.7. The van der Waals surface area contributed by atoms with Crippen LogP contribution in [0.3, 0.4) is 0 Å². The largest absolute Gasteiger partial charge is 0.335 e. The third-order valence-corrected chi connectivity index (χ3v) is 5.03. The third kappa shape index (κ3) is 2.63. The van der Waals surface area contributed by atoms with Gasteiger partial charge in [0.25, 0.3) is 0 Å². The molecule has 1 atom stereocenters. The molecule has 1 aliphatic carbocycles. The summed E-state index contributed by atoms with van der Waals surface area (Å²) >= 11 is 0. The Morgan fingerprint density at radius 1 is 1.24 bits per heavy atom. The van der Waals surface area contributed by atoms with Crippen LogP contribution in [0.5, 0.6) is 0 Å². The zero-order valence-electron chi connectivity index (χ0n) is 14.1. The van der Waals surface area contributed by atoms with Crippen LogP contribution in [-0.2, 0) is 6.54 Å². The summed E-state index contributed by atoms with van der Waals surface area (Å²) < 4.78 is 3.99. The second-order valence-corrected chi connectivity index (χ2v) is 6.89. The summed E-state index contributed by atoms with van der Waals surface area (Å²) in [7, 11) is 0. The highest BCUT2D eigenvalue weighted by Gasteiger charge is 2.31. The summed E-state index contributed by atoms with van der Waals surface area (Å²) in [6.07, 6.45) is 8.26. The van der Waals surface area contributed by atoms with Crippen molar-refractivity contribution in [2.75, 3.05) is 0 Å². The molecule has 1 fully saturated rings. The van der Waals surface area contributed by atoms with E-state index in [2.05, 4.69) is 51.1 Å². The molecule has 6 nitrogen and oxygen atoms in total. The molecule has 1 saturated carbocycles. The van der Waals surface area contributed by atoms with E-state index in [0.717, 1.165) is 35.0 Å². The van der Waals surface area contributed by atoms with Gasteiger partial charge in [-0.05, 0) is 43.4 Å². The van der Waals surface area contributed by atoms with E-state index in [-0.39, 0.29) is 0 Å². The van der Waals surface area contributed by atoms with Crippen molar-refractivity contribution in [2.24, 2.45) is 5.92 Å². The van der Waals surface area contributed by atoms with Crippen LogP contribution in [0.15, 0.2) is 48.9 Å². The number of hydrogen-bond donors (Lipinski definition) is 1. The molecule has 0 amide bonds. The van der Waals surface area contributed by atoms with Gasteiger partial charge in [0.1, 0.15) is 11.3 Å². The quantitative estimate of drug-likeness (QED) is 0.607. The minimum absolute atomic E-state index is 0.416. The van der Waals surface area contributed by atoms with E-state index in [4.69, 9.17) is 4.98 Å². The first-order chi connectivity index (χ1) is 12.3. The first-order valence-electron chi connectivity index (χ1n) is 8.78. The summed E-state index contributed by atoms with van der Waals surface area (Å²) in [6.45, 7) is 3.00. The lowest BCUT2D eigenvalue weighted by Crippen LogP contribution is -2.08. The van der Waals surface area contributed by atoms with Crippen molar-refractivity contribution in [1.29, 1.82) is 0 Å². The molecule has 1 unspecified atom stereocenters. The Morgan fingerprint density at radius 3 is 2.96 bits per heavy atom. The van der Waals surface area contributed by atoms with Gasteiger partial charge in [-0.2, -0.15) is 10.2 Å². The monoisotopic (exact) mass is 332 g/mol. The SMILES string of the molecule is CC(C1CC1)n1ncc2[nH]c(-c3cccc(Cn4cccn4)c3)nc21. The molecule has 3 heterocycles. The number of fused-ring (bicyclic) bond motifs is 1. The molecule has 1 N–H and O–H groups in total. The number of imidazole rings is 1. The second kappa shape index (κ2) is 5.58. The van der Waals surface area contributed by atoms with Gasteiger partial charge in [-0.25, -0.2) is 9.67 Å². The van der Waals surface area contributed by atoms with E-state index in [9.17, 15) is 0 Å². The van der Waals surface area contributed by atoms with Crippen LogP contribution in [-0.4, -0.2) is 29.5 Å². The summed E-state index contributed by atoms with van der Waals surface area (Å²) in [5, 5.41) is 8.81. The maximum absolute atomic E-state index is 4.83. The zero-order chi connectivity index (χ0) is 16.8. The molecule has 0 radical (unpaired) electrons. The van der Waals surface area contributed by atoms with Gasteiger partial charge in [0.15, 0.2) is 5.65 Å². The number of aromatic nitrogens is 6. The highest BCUT2D eigenvalue weighted by molar-refractivity contribution is 5.76. The lowest BCUT2D eigenvalue weighted by Gasteiger charge is -2.10. The molecule has 0 spiro atoms. The van der Waals surface area contributed by atoms with E-state index in [0.29, 0.717) is 6.04 Å². The summed E-state index contributed by atoms with van der Waals surface area (Å²) in [6, 6.07) is 10.8. The Bertz CT molecular complexity index is 1010. The van der Waals surface area contributed by atoms with Gasteiger partial charge in [-0.3, -0.25) is 4.68 Å². The highest BCUT2D eigenvalue weighted by Crippen LogP contribution is 2.40.